The van der Waals surface area contributed by atoms with E-state index < -0.39 is 11.2 Å². The van der Waals surface area contributed by atoms with E-state index in [1.807, 2.05) is 0 Å². The zero-order valence-electron chi connectivity index (χ0n) is 20.4. The van der Waals surface area contributed by atoms with Gasteiger partial charge in [0.15, 0.2) is 0 Å². The fourth-order valence-electron chi connectivity index (χ4n) is 8.01. The van der Waals surface area contributed by atoms with Gasteiger partial charge in [0.05, 0.1) is 6.10 Å². The molecule has 31 heavy (non-hydrogen) atoms. The van der Waals surface area contributed by atoms with Crippen LogP contribution in [-0.2, 0) is 9.78 Å². The summed E-state index contributed by atoms with van der Waals surface area (Å²) in [6.07, 6.45) is 17.8. The van der Waals surface area contributed by atoms with Crippen molar-refractivity contribution in [2.75, 3.05) is 0 Å². The number of allylic oxidation sites excluding steroid dienone is 3. The van der Waals surface area contributed by atoms with E-state index >= 15 is 0 Å². The summed E-state index contributed by atoms with van der Waals surface area (Å²) in [5.74, 6) is 2.98. The van der Waals surface area contributed by atoms with Crippen LogP contribution >= 0.6 is 0 Å². The van der Waals surface area contributed by atoms with Crippen LogP contribution in [0.5, 0.6) is 0 Å². The van der Waals surface area contributed by atoms with E-state index in [9.17, 15) is 5.11 Å². The molecule has 3 fully saturated rings. The van der Waals surface area contributed by atoms with Crippen LogP contribution in [0.15, 0.2) is 36.0 Å². The molecule has 2 aliphatic heterocycles. The summed E-state index contributed by atoms with van der Waals surface area (Å²) >= 11 is 0. The van der Waals surface area contributed by atoms with Gasteiger partial charge in [0, 0.05) is 17.8 Å². The molecule has 2 unspecified atom stereocenters. The molecule has 4 aliphatic carbocycles. The molecular weight excluding hydrogens is 384 g/mol. The van der Waals surface area contributed by atoms with Gasteiger partial charge in [-0.3, -0.25) is 0 Å². The highest BCUT2D eigenvalue weighted by Crippen LogP contribution is 2.71. The Morgan fingerprint density at radius 3 is 2.48 bits per heavy atom. The standard InChI is InChI=1S/C28H42O3/c1-18(2)19(3)7-8-20(4)22-9-10-23-25(22,5)13-12-24-26(6)14-11-21(29)17-27(26)15-16-28(23,24)31-30-27/h7-8,12,15-16,18-23,29H,9-11,13-14,17H2,1-6H3/b8-7+/t19?,20-,21+,22-,23?,25-,26-,27-,28+/m1/s1. The second kappa shape index (κ2) is 7.05. The Hall–Kier alpha value is -0.900. The molecule has 2 spiro atoms. The Balaban J connectivity index is 1.48. The highest BCUT2D eigenvalue weighted by Gasteiger charge is 2.71. The lowest BCUT2D eigenvalue weighted by molar-refractivity contribution is -0.455. The summed E-state index contributed by atoms with van der Waals surface area (Å²) in [5.41, 5.74) is 0.656. The monoisotopic (exact) mass is 426 g/mol. The molecule has 172 valence electrons. The first kappa shape index (κ1) is 21.9. The molecule has 0 radical (unpaired) electrons. The minimum Gasteiger partial charge on any atom is -0.393 e. The molecule has 3 heteroatoms. The van der Waals surface area contributed by atoms with Crippen molar-refractivity contribution in [3.05, 3.63) is 36.0 Å². The van der Waals surface area contributed by atoms with E-state index in [-0.39, 0.29) is 16.9 Å². The molecule has 2 saturated carbocycles. The average molecular weight is 427 g/mol. The Morgan fingerprint density at radius 2 is 1.81 bits per heavy atom. The number of aliphatic hydroxyl groups excluding tert-OH is 1. The fraction of sp³-hybridized carbons (Fsp3) is 0.786. The average Bonchev–Trinajstić information content (AvgIpc) is 3.09. The third-order valence-corrected chi connectivity index (χ3v) is 10.5. The summed E-state index contributed by atoms with van der Waals surface area (Å²) in [7, 11) is 0. The zero-order valence-corrected chi connectivity index (χ0v) is 20.4. The van der Waals surface area contributed by atoms with Crippen molar-refractivity contribution in [3.63, 3.8) is 0 Å². The van der Waals surface area contributed by atoms with Gasteiger partial charge in [0.1, 0.15) is 11.2 Å². The summed E-state index contributed by atoms with van der Waals surface area (Å²) in [6, 6.07) is 0. The van der Waals surface area contributed by atoms with Gasteiger partial charge in [-0.25, -0.2) is 9.78 Å². The number of aliphatic hydroxyl groups is 1. The van der Waals surface area contributed by atoms with Gasteiger partial charge in [-0.15, -0.1) is 0 Å². The first-order valence-electron chi connectivity index (χ1n) is 12.7. The fourth-order valence-corrected chi connectivity index (χ4v) is 8.01. The van der Waals surface area contributed by atoms with E-state index in [4.69, 9.17) is 9.78 Å². The van der Waals surface area contributed by atoms with Gasteiger partial charge in [0.25, 0.3) is 0 Å². The van der Waals surface area contributed by atoms with Gasteiger partial charge < -0.3 is 5.11 Å². The highest BCUT2D eigenvalue weighted by molar-refractivity contribution is 5.48. The number of fused-ring (bicyclic) bond motifs is 2. The summed E-state index contributed by atoms with van der Waals surface area (Å²) in [5, 5.41) is 10.4. The Kier molecular flexibility index (Phi) is 4.98. The maximum absolute atomic E-state index is 10.4. The molecule has 6 rings (SSSR count). The van der Waals surface area contributed by atoms with E-state index in [0.29, 0.717) is 36.0 Å². The lowest BCUT2D eigenvalue weighted by Gasteiger charge is -2.66. The summed E-state index contributed by atoms with van der Waals surface area (Å²) < 4.78 is 0. The van der Waals surface area contributed by atoms with E-state index in [1.54, 1.807) is 0 Å². The Labute approximate surface area is 188 Å². The van der Waals surface area contributed by atoms with Crippen LogP contribution in [-0.4, -0.2) is 22.4 Å². The van der Waals surface area contributed by atoms with Gasteiger partial charge in [-0.1, -0.05) is 59.8 Å². The number of hydrogen-bond acceptors (Lipinski definition) is 3. The molecule has 0 aromatic rings. The molecule has 0 aromatic carbocycles. The van der Waals surface area contributed by atoms with Crippen LogP contribution in [0.4, 0.5) is 0 Å². The lowest BCUT2D eigenvalue weighted by atomic mass is 9.47. The molecular formula is C28H42O3. The maximum Gasteiger partial charge on any atom is 0.147 e. The predicted molar refractivity (Wildman–Crippen MR) is 124 cm³/mol. The molecule has 1 N–H and O–H groups in total. The second-order valence-corrected chi connectivity index (χ2v) is 12.3. The minimum atomic E-state index is -0.507. The normalized spacial score (nSPS) is 50.2. The first-order valence-corrected chi connectivity index (χ1v) is 12.7. The van der Waals surface area contributed by atoms with Gasteiger partial charge in [-0.05, 0) is 78.9 Å². The smallest absolute Gasteiger partial charge is 0.147 e. The SMILES string of the molecule is CC(C)C(C)/C=C/[C@@H](C)[C@H]1CCC2[C@]1(C)CC=C1[C@]23C=C[C@]2(C[C@@H](O)CC[C@]12C)OO3. The minimum absolute atomic E-state index is 0.0726. The van der Waals surface area contributed by atoms with Crippen molar-refractivity contribution in [2.24, 2.45) is 40.4 Å². The van der Waals surface area contributed by atoms with E-state index in [2.05, 4.69) is 71.9 Å². The van der Waals surface area contributed by atoms with Crippen LogP contribution in [0.3, 0.4) is 0 Å². The van der Waals surface area contributed by atoms with Crippen LogP contribution in [0.1, 0.15) is 80.1 Å². The third-order valence-electron chi connectivity index (χ3n) is 10.5. The van der Waals surface area contributed by atoms with Crippen molar-refractivity contribution >= 4 is 0 Å². The van der Waals surface area contributed by atoms with Crippen molar-refractivity contribution in [2.45, 2.75) is 97.4 Å². The first-order chi connectivity index (χ1) is 14.6. The maximum atomic E-state index is 10.4. The largest absolute Gasteiger partial charge is 0.393 e. The molecule has 0 amide bonds. The lowest BCUT2D eigenvalue weighted by Crippen LogP contribution is -2.69. The molecule has 0 aromatic heterocycles. The summed E-state index contributed by atoms with van der Waals surface area (Å²) in [4.78, 5) is 12.6. The van der Waals surface area contributed by atoms with Gasteiger partial charge >= 0.3 is 0 Å². The van der Waals surface area contributed by atoms with Crippen molar-refractivity contribution in [3.8, 4) is 0 Å². The highest BCUT2D eigenvalue weighted by atomic mass is 17.2. The number of hydrogen-bond donors (Lipinski definition) is 1. The molecule has 3 nitrogen and oxygen atoms in total. The second-order valence-electron chi connectivity index (χ2n) is 12.3. The predicted octanol–water partition coefficient (Wildman–Crippen LogP) is 6.39. The van der Waals surface area contributed by atoms with Crippen LogP contribution < -0.4 is 0 Å². The topological polar surface area (TPSA) is 38.7 Å². The zero-order chi connectivity index (χ0) is 22.2. The van der Waals surface area contributed by atoms with Gasteiger partial charge in [0.2, 0.25) is 0 Å². The van der Waals surface area contributed by atoms with Gasteiger partial charge in [-0.2, -0.15) is 0 Å². The Bertz CT molecular complexity index is 826. The van der Waals surface area contributed by atoms with Crippen molar-refractivity contribution in [1.29, 1.82) is 0 Å². The molecule has 6 aliphatic rings. The summed E-state index contributed by atoms with van der Waals surface area (Å²) in [6.45, 7) is 14.2. The van der Waals surface area contributed by atoms with Crippen LogP contribution in [0.25, 0.3) is 0 Å². The third kappa shape index (κ3) is 2.82. The van der Waals surface area contributed by atoms with Crippen molar-refractivity contribution in [1.82, 2.24) is 0 Å². The van der Waals surface area contributed by atoms with Crippen LogP contribution in [0.2, 0.25) is 0 Å². The van der Waals surface area contributed by atoms with E-state index in [1.165, 1.54) is 18.4 Å². The number of rotatable bonds is 4. The van der Waals surface area contributed by atoms with Crippen LogP contribution in [0, 0.1) is 40.4 Å². The van der Waals surface area contributed by atoms with Crippen molar-refractivity contribution < 1.29 is 14.9 Å². The Morgan fingerprint density at radius 1 is 1.03 bits per heavy atom. The molecule has 2 bridgehead atoms. The molecule has 9 atom stereocenters. The van der Waals surface area contributed by atoms with E-state index in [0.717, 1.165) is 19.3 Å². The molecule has 1 saturated heterocycles. The quantitative estimate of drug-likeness (QED) is 0.418. The molecule has 2 heterocycles.